The van der Waals surface area contributed by atoms with Crippen LogP contribution in [0.3, 0.4) is 0 Å². The average Bonchev–Trinajstić information content (AvgIpc) is 3.27. The van der Waals surface area contributed by atoms with Crippen LogP contribution in [-0.2, 0) is 4.79 Å². The Hall–Kier alpha value is -4.25. The smallest absolute Gasteiger partial charge is 0.271 e. The number of likely N-dealkylation sites (N-methyl/N-ethyl adjacent to an activating group) is 1. The van der Waals surface area contributed by atoms with Crippen molar-refractivity contribution >= 4 is 34.7 Å². The van der Waals surface area contributed by atoms with Crippen molar-refractivity contribution in [2.45, 2.75) is 40.7 Å². The molecule has 1 unspecified atom stereocenters. The predicted octanol–water partition coefficient (Wildman–Crippen LogP) is 3.87. The highest BCUT2D eigenvalue weighted by Crippen LogP contribution is 2.36. The van der Waals surface area contributed by atoms with Crippen LogP contribution in [0.15, 0.2) is 63.5 Å². The van der Waals surface area contributed by atoms with Crippen molar-refractivity contribution in [1.82, 2.24) is 9.47 Å². The first-order chi connectivity index (χ1) is 19.7. The Balaban J connectivity index is 2.03. The van der Waals surface area contributed by atoms with Crippen molar-refractivity contribution in [2.24, 2.45) is 4.99 Å². The largest absolute Gasteiger partial charge is 0.496 e. The van der Waals surface area contributed by atoms with Crippen LogP contribution in [0, 0.1) is 10.1 Å². The van der Waals surface area contributed by atoms with E-state index >= 15 is 0 Å². The lowest BCUT2D eigenvalue weighted by atomic mass is 9.94. The normalized spacial score (nSPS) is 14.9. The number of methoxy groups -OCH3 is 1. The second kappa shape index (κ2) is 12.5. The van der Waals surface area contributed by atoms with Gasteiger partial charge in [-0.3, -0.25) is 24.3 Å². The lowest BCUT2D eigenvalue weighted by Crippen LogP contribution is -2.43. The number of nitro benzene ring substituents is 1. The molecule has 0 saturated carbocycles. The number of para-hydroxylation sites is 1. The molecule has 3 aromatic rings. The summed E-state index contributed by atoms with van der Waals surface area (Å²) in [6, 6.07) is 11.3. The Bertz CT molecular complexity index is 1680. The summed E-state index contributed by atoms with van der Waals surface area (Å²) in [7, 11) is 1.56. The third-order valence-corrected chi connectivity index (χ3v) is 8.33. The zero-order chi connectivity index (χ0) is 29.8. The highest BCUT2D eigenvalue weighted by Gasteiger charge is 2.35. The fourth-order valence-electron chi connectivity index (χ4n) is 5.23. The van der Waals surface area contributed by atoms with Gasteiger partial charge in [-0.15, -0.1) is 0 Å². The summed E-state index contributed by atoms with van der Waals surface area (Å²) in [5, 5.41) is 11.6. The molecule has 0 spiro atoms. The maximum atomic E-state index is 14.2. The van der Waals surface area contributed by atoms with Crippen LogP contribution in [0.2, 0.25) is 0 Å². The Morgan fingerprint density at radius 3 is 2.41 bits per heavy atom. The molecule has 2 heterocycles. The van der Waals surface area contributed by atoms with E-state index < -0.39 is 11.0 Å². The molecule has 2 aromatic carbocycles. The number of ether oxygens (including phenoxy) is 1. The van der Waals surface area contributed by atoms with Crippen molar-refractivity contribution in [3.05, 3.63) is 94.7 Å². The SMILES string of the molecule is CCN(CC)C(=O)C1=C(C)N=c2s/c(=C\c3cc([N+](=O)[O-])ccc3N(CC)CC)c(=O)n2C1c1ccccc1OC. The van der Waals surface area contributed by atoms with E-state index in [1.54, 1.807) is 41.7 Å². The molecule has 10 nitrogen and oxygen atoms in total. The van der Waals surface area contributed by atoms with E-state index in [0.29, 0.717) is 63.7 Å². The maximum Gasteiger partial charge on any atom is 0.271 e. The van der Waals surface area contributed by atoms with Gasteiger partial charge in [0.1, 0.15) is 11.8 Å². The minimum atomic E-state index is -0.759. The quantitative estimate of drug-likeness (QED) is 0.267. The van der Waals surface area contributed by atoms with Crippen molar-refractivity contribution in [3.8, 4) is 5.75 Å². The fraction of sp³-hybridized carbons (Fsp3) is 0.367. The van der Waals surface area contributed by atoms with Crippen LogP contribution in [0.25, 0.3) is 6.08 Å². The summed E-state index contributed by atoms with van der Waals surface area (Å²) in [6.07, 6.45) is 1.69. The number of carbonyl (C=O) groups is 1. The number of hydrogen-bond donors (Lipinski definition) is 0. The first-order valence-corrected chi connectivity index (χ1v) is 14.5. The number of hydrogen-bond acceptors (Lipinski definition) is 8. The van der Waals surface area contributed by atoms with Crippen molar-refractivity contribution in [3.63, 3.8) is 0 Å². The van der Waals surface area contributed by atoms with Gasteiger partial charge in [-0.25, -0.2) is 4.99 Å². The first kappa shape index (κ1) is 29.7. The van der Waals surface area contributed by atoms with E-state index in [9.17, 15) is 19.7 Å². The minimum Gasteiger partial charge on any atom is -0.496 e. The Labute approximate surface area is 242 Å². The topological polar surface area (TPSA) is 110 Å². The Morgan fingerprint density at radius 1 is 1.12 bits per heavy atom. The number of amides is 1. The second-order valence-electron chi connectivity index (χ2n) is 9.47. The summed E-state index contributed by atoms with van der Waals surface area (Å²) < 4.78 is 7.58. The van der Waals surface area contributed by atoms with E-state index in [2.05, 4.69) is 4.90 Å². The van der Waals surface area contributed by atoms with Gasteiger partial charge < -0.3 is 14.5 Å². The average molecular weight is 578 g/mol. The Kier molecular flexibility index (Phi) is 9.07. The highest BCUT2D eigenvalue weighted by molar-refractivity contribution is 7.07. The molecule has 41 heavy (non-hydrogen) atoms. The third-order valence-electron chi connectivity index (χ3n) is 7.35. The van der Waals surface area contributed by atoms with E-state index in [0.717, 1.165) is 5.69 Å². The zero-order valence-electron chi connectivity index (χ0n) is 24.2. The molecular formula is C30H35N5O5S. The first-order valence-electron chi connectivity index (χ1n) is 13.7. The number of nitro groups is 1. The van der Waals surface area contributed by atoms with Crippen molar-refractivity contribution in [2.75, 3.05) is 38.2 Å². The predicted molar refractivity (Wildman–Crippen MR) is 161 cm³/mol. The van der Waals surface area contributed by atoms with Gasteiger partial charge in [0.05, 0.1) is 27.8 Å². The highest BCUT2D eigenvalue weighted by atomic mass is 32.1. The minimum absolute atomic E-state index is 0.0604. The summed E-state index contributed by atoms with van der Waals surface area (Å²) >= 11 is 1.20. The van der Waals surface area contributed by atoms with E-state index in [1.807, 2.05) is 45.9 Å². The van der Waals surface area contributed by atoms with Crippen LogP contribution in [0.1, 0.15) is 51.8 Å². The lowest BCUT2D eigenvalue weighted by molar-refractivity contribution is -0.384. The standard InChI is InChI=1S/C30H35N5O5S/c1-7-32(8-2)23-16-15-21(35(38)39)17-20(23)18-25-28(36)34-27(22-13-11-12-14-24(22)40-6)26(19(5)31-30(34)41-25)29(37)33(9-3)10-4/h11-18,27H,7-10H2,1-6H3/b25-18-. The maximum absolute atomic E-state index is 14.2. The van der Waals surface area contributed by atoms with Crippen molar-refractivity contribution < 1.29 is 14.5 Å². The summed E-state index contributed by atoms with van der Waals surface area (Å²) in [4.78, 5) is 48.1. The molecule has 1 aromatic heterocycles. The molecule has 1 amide bonds. The molecular weight excluding hydrogens is 542 g/mol. The molecule has 0 radical (unpaired) electrons. The molecule has 1 aliphatic rings. The van der Waals surface area contributed by atoms with Crippen LogP contribution in [-0.4, -0.2) is 53.6 Å². The zero-order valence-corrected chi connectivity index (χ0v) is 25.0. The van der Waals surface area contributed by atoms with Crippen LogP contribution >= 0.6 is 11.3 Å². The molecule has 1 atom stereocenters. The number of carbonyl (C=O) groups excluding carboxylic acids is 1. The number of aromatic nitrogens is 1. The van der Waals surface area contributed by atoms with Gasteiger partial charge >= 0.3 is 0 Å². The number of nitrogens with zero attached hydrogens (tertiary/aromatic N) is 5. The van der Waals surface area contributed by atoms with E-state index in [1.165, 1.54) is 23.5 Å². The molecule has 11 heteroatoms. The van der Waals surface area contributed by atoms with Gasteiger partial charge in [0.2, 0.25) is 0 Å². The van der Waals surface area contributed by atoms with Gasteiger partial charge in [-0.1, -0.05) is 29.5 Å². The van der Waals surface area contributed by atoms with Gasteiger partial charge in [-0.05, 0) is 52.8 Å². The number of allylic oxidation sites excluding steroid dienone is 1. The van der Waals surface area contributed by atoms with Crippen molar-refractivity contribution in [1.29, 1.82) is 0 Å². The van der Waals surface area contributed by atoms with Gasteiger partial charge in [-0.2, -0.15) is 0 Å². The number of thiazole rings is 1. The molecule has 0 N–H and O–H groups in total. The number of rotatable bonds is 10. The molecule has 0 aliphatic carbocycles. The van der Waals surface area contributed by atoms with Crippen LogP contribution in [0.4, 0.5) is 11.4 Å². The summed E-state index contributed by atoms with van der Waals surface area (Å²) in [6.45, 7) is 12.0. The monoisotopic (exact) mass is 577 g/mol. The summed E-state index contributed by atoms with van der Waals surface area (Å²) in [5.41, 5.74) is 2.58. The molecule has 0 bridgehead atoms. The molecule has 4 rings (SSSR count). The summed E-state index contributed by atoms with van der Waals surface area (Å²) in [5.74, 6) is 0.359. The van der Waals surface area contributed by atoms with Gasteiger partial charge in [0.15, 0.2) is 4.80 Å². The molecule has 1 aliphatic heterocycles. The number of anilines is 1. The number of benzene rings is 2. The number of fused-ring (bicyclic) bond motifs is 1. The lowest BCUT2D eigenvalue weighted by Gasteiger charge is -2.29. The van der Waals surface area contributed by atoms with E-state index in [4.69, 9.17) is 9.73 Å². The Morgan fingerprint density at radius 2 is 1.80 bits per heavy atom. The van der Waals surface area contributed by atoms with Gasteiger partial charge in [0, 0.05) is 55.1 Å². The van der Waals surface area contributed by atoms with Crippen LogP contribution < -0.4 is 24.5 Å². The fourth-order valence-corrected chi connectivity index (χ4v) is 6.26. The number of non-ortho nitro benzene ring substituents is 1. The molecule has 216 valence electrons. The van der Waals surface area contributed by atoms with E-state index in [-0.39, 0.29) is 17.2 Å². The molecule has 0 fully saturated rings. The van der Waals surface area contributed by atoms with Crippen LogP contribution in [0.5, 0.6) is 5.75 Å². The van der Waals surface area contributed by atoms with Gasteiger partial charge in [0.25, 0.3) is 17.2 Å². The third kappa shape index (κ3) is 5.54. The molecule has 0 saturated heterocycles. The second-order valence-corrected chi connectivity index (χ2v) is 10.5.